The van der Waals surface area contributed by atoms with Gasteiger partial charge in [0.15, 0.2) is 0 Å². The van der Waals surface area contributed by atoms with Crippen LogP contribution in [-0.2, 0) is 6.54 Å². The zero-order valence-corrected chi connectivity index (χ0v) is 9.96. The summed E-state index contributed by atoms with van der Waals surface area (Å²) in [5.74, 6) is -0.185. The third-order valence-electron chi connectivity index (χ3n) is 2.60. The van der Waals surface area contributed by atoms with Crippen LogP contribution < -0.4 is 5.32 Å². The second kappa shape index (κ2) is 6.61. The zero-order chi connectivity index (χ0) is 12.0. The van der Waals surface area contributed by atoms with Crippen molar-refractivity contribution in [1.82, 2.24) is 5.32 Å². The Morgan fingerprint density at radius 3 is 2.81 bits per heavy atom. The van der Waals surface area contributed by atoms with E-state index in [4.69, 9.17) is 5.11 Å². The van der Waals surface area contributed by atoms with Gasteiger partial charge in [-0.1, -0.05) is 6.07 Å². The van der Waals surface area contributed by atoms with Gasteiger partial charge in [0.25, 0.3) is 0 Å². The van der Waals surface area contributed by atoms with E-state index in [1.54, 1.807) is 13.0 Å². The van der Waals surface area contributed by atoms with Crippen molar-refractivity contribution in [3.8, 4) is 0 Å². The fourth-order valence-corrected chi connectivity index (χ4v) is 1.60. The van der Waals surface area contributed by atoms with Gasteiger partial charge in [0.2, 0.25) is 0 Å². The first-order chi connectivity index (χ1) is 7.59. The van der Waals surface area contributed by atoms with Crippen LogP contribution in [0.25, 0.3) is 0 Å². The van der Waals surface area contributed by atoms with E-state index in [2.05, 4.69) is 5.32 Å². The smallest absolute Gasteiger partial charge is 0.123 e. The van der Waals surface area contributed by atoms with E-state index in [9.17, 15) is 4.39 Å². The lowest BCUT2D eigenvalue weighted by atomic mass is 10.1. The summed E-state index contributed by atoms with van der Waals surface area (Å²) in [4.78, 5) is 0. The molecule has 0 radical (unpaired) electrons. The summed E-state index contributed by atoms with van der Waals surface area (Å²) in [5, 5.41) is 12.4. The predicted molar refractivity (Wildman–Crippen MR) is 63.8 cm³/mol. The van der Waals surface area contributed by atoms with Gasteiger partial charge in [-0.25, -0.2) is 4.39 Å². The molecule has 1 atom stereocenters. The molecule has 0 spiro atoms. The van der Waals surface area contributed by atoms with Crippen LogP contribution in [0, 0.1) is 12.7 Å². The number of aryl methyl sites for hydroxylation is 1. The number of rotatable bonds is 6. The predicted octanol–water partition coefficient (Wildman–Crippen LogP) is 2.38. The molecule has 0 fully saturated rings. The molecular formula is C13H20FNO. The zero-order valence-electron chi connectivity index (χ0n) is 9.96. The Bertz CT molecular complexity index is 326. The highest BCUT2D eigenvalue weighted by Crippen LogP contribution is 2.09. The number of aliphatic hydroxyl groups excluding tert-OH is 1. The second-order valence-corrected chi connectivity index (χ2v) is 4.24. The molecule has 0 amide bonds. The molecule has 0 saturated carbocycles. The molecule has 0 aromatic heterocycles. The summed E-state index contributed by atoms with van der Waals surface area (Å²) >= 11 is 0. The Hall–Kier alpha value is -0.930. The van der Waals surface area contributed by atoms with Gasteiger partial charge >= 0.3 is 0 Å². The lowest BCUT2D eigenvalue weighted by Crippen LogP contribution is -2.16. The molecule has 3 heteroatoms. The van der Waals surface area contributed by atoms with Crippen LogP contribution in [0.3, 0.4) is 0 Å². The summed E-state index contributed by atoms with van der Waals surface area (Å²) in [6.07, 6.45) is 1.54. The van der Waals surface area contributed by atoms with Crippen molar-refractivity contribution in [1.29, 1.82) is 0 Å². The third kappa shape index (κ3) is 4.73. The van der Waals surface area contributed by atoms with Gasteiger partial charge in [0.05, 0.1) is 6.10 Å². The van der Waals surface area contributed by atoms with Crippen molar-refractivity contribution in [3.63, 3.8) is 0 Å². The lowest BCUT2D eigenvalue weighted by molar-refractivity contribution is 0.181. The maximum atomic E-state index is 12.8. The van der Waals surface area contributed by atoms with Gasteiger partial charge in [-0.05, 0) is 56.5 Å². The molecule has 2 N–H and O–H groups in total. The molecule has 1 rings (SSSR count). The van der Waals surface area contributed by atoms with Gasteiger partial charge in [-0.15, -0.1) is 0 Å². The fraction of sp³-hybridized carbons (Fsp3) is 0.538. The minimum atomic E-state index is -0.227. The number of nitrogens with one attached hydrogen (secondary N) is 1. The van der Waals surface area contributed by atoms with Crippen LogP contribution in [0.5, 0.6) is 0 Å². The maximum Gasteiger partial charge on any atom is 0.123 e. The molecule has 0 aliphatic carbocycles. The van der Waals surface area contributed by atoms with Crippen LogP contribution in [0.4, 0.5) is 4.39 Å². The summed E-state index contributed by atoms with van der Waals surface area (Å²) in [5.41, 5.74) is 2.10. The van der Waals surface area contributed by atoms with E-state index in [1.807, 2.05) is 13.0 Å². The molecule has 2 nitrogen and oxygen atoms in total. The van der Waals surface area contributed by atoms with Crippen LogP contribution in [0.1, 0.15) is 30.9 Å². The molecule has 1 aromatic carbocycles. The Kier molecular flexibility index (Phi) is 5.43. The van der Waals surface area contributed by atoms with Crippen molar-refractivity contribution in [2.45, 2.75) is 39.3 Å². The topological polar surface area (TPSA) is 32.3 Å². The van der Waals surface area contributed by atoms with Crippen molar-refractivity contribution in [2.75, 3.05) is 6.54 Å². The highest BCUT2D eigenvalue weighted by atomic mass is 19.1. The first-order valence-electron chi connectivity index (χ1n) is 5.73. The number of hydrogen-bond acceptors (Lipinski definition) is 2. The van der Waals surface area contributed by atoms with Gasteiger partial charge in [-0.3, -0.25) is 0 Å². The maximum absolute atomic E-state index is 12.8. The molecule has 0 aliphatic rings. The number of hydrogen-bond donors (Lipinski definition) is 2. The quantitative estimate of drug-likeness (QED) is 0.729. The molecule has 0 bridgehead atoms. The van der Waals surface area contributed by atoms with E-state index in [0.717, 1.165) is 37.1 Å². The Morgan fingerprint density at radius 2 is 2.19 bits per heavy atom. The average Bonchev–Trinajstić information content (AvgIpc) is 2.20. The molecular weight excluding hydrogens is 205 g/mol. The summed E-state index contributed by atoms with van der Waals surface area (Å²) in [6, 6.07) is 4.85. The van der Waals surface area contributed by atoms with Crippen molar-refractivity contribution >= 4 is 0 Å². The Morgan fingerprint density at radius 1 is 1.44 bits per heavy atom. The molecule has 1 unspecified atom stereocenters. The average molecular weight is 225 g/mol. The molecule has 1 aromatic rings. The molecule has 16 heavy (non-hydrogen) atoms. The summed E-state index contributed by atoms with van der Waals surface area (Å²) < 4.78 is 12.8. The minimum Gasteiger partial charge on any atom is -0.393 e. The van der Waals surface area contributed by atoms with Crippen LogP contribution in [-0.4, -0.2) is 17.8 Å². The Balaban J connectivity index is 2.27. The van der Waals surface area contributed by atoms with E-state index in [1.165, 1.54) is 6.07 Å². The SMILES string of the molecule is Cc1cc(F)ccc1CNCCCC(C)O. The monoisotopic (exact) mass is 225 g/mol. The van der Waals surface area contributed by atoms with Gasteiger partial charge in [-0.2, -0.15) is 0 Å². The highest BCUT2D eigenvalue weighted by Gasteiger charge is 2.00. The third-order valence-corrected chi connectivity index (χ3v) is 2.60. The first-order valence-corrected chi connectivity index (χ1v) is 5.73. The normalized spacial score (nSPS) is 12.8. The largest absolute Gasteiger partial charge is 0.393 e. The van der Waals surface area contributed by atoms with Crippen molar-refractivity contribution in [3.05, 3.63) is 35.1 Å². The molecule has 0 saturated heterocycles. The highest BCUT2D eigenvalue weighted by molar-refractivity contribution is 5.26. The molecule has 90 valence electrons. The van der Waals surface area contributed by atoms with Crippen molar-refractivity contribution < 1.29 is 9.50 Å². The summed E-state index contributed by atoms with van der Waals surface area (Å²) in [7, 11) is 0. The van der Waals surface area contributed by atoms with Gasteiger partial charge in [0, 0.05) is 6.54 Å². The lowest BCUT2D eigenvalue weighted by Gasteiger charge is -2.08. The van der Waals surface area contributed by atoms with Crippen LogP contribution >= 0.6 is 0 Å². The van der Waals surface area contributed by atoms with E-state index in [-0.39, 0.29) is 11.9 Å². The standard InChI is InChI=1S/C13H20FNO/c1-10-8-13(14)6-5-12(10)9-15-7-3-4-11(2)16/h5-6,8,11,15-16H,3-4,7,9H2,1-2H3. The summed E-state index contributed by atoms with van der Waals surface area (Å²) in [6.45, 7) is 5.34. The van der Waals surface area contributed by atoms with Gasteiger partial charge in [0.1, 0.15) is 5.82 Å². The van der Waals surface area contributed by atoms with Crippen molar-refractivity contribution in [2.24, 2.45) is 0 Å². The number of benzene rings is 1. The van der Waals surface area contributed by atoms with Gasteiger partial charge < -0.3 is 10.4 Å². The van der Waals surface area contributed by atoms with Crippen LogP contribution in [0.15, 0.2) is 18.2 Å². The van der Waals surface area contributed by atoms with E-state index >= 15 is 0 Å². The molecule has 0 aliphatic heterocycles. The van der Waals surface area contributed by atoms with E-state index < -0.39 is 0 Å². The number of halogens is 1. The number of aliphatic hydroxyl groups is 1. The molecule has 0 heterocycles. The first kappa shape index (κ1) is 13.1. The fourth-order valence-electron chi connectivity index (χ4n) is 1.60. The second-order valence-electron chi connectivity index (χ2n) is 4.24. The van der Waals surface area contributed by atoms with Crippen LogP contribution in [0.2, 0.25) is 0 Å². The minimum absolute atomic E-state index is 0.185. The van der Waals surface area contributed by atoms with E-state index in [0.29, 0.717) is 0 Å². The Labute approximate surface area is 96.5 Å².